The highest BCUT2D eigenvalue weighted by Crippen LogP contribution is 2.57. The molecule has 44 heavy (non-hydrogen) atoms. The van der Waals surface area contributed by atoms with E-state index in [4.69, 9.17) is 9.47 Å². The van der Waals surface area contributed by atoms with E-state index >= 15 is 0 Å². The van der Waals surface area contributed by atoms with Crippen LogP contribution < -0.4 is 9.64 Å². The second-order valence-corrected chi connectivity index (χ2v) is 12.6. The molecule has 0 unspecified atom stereocenters. The zero-order valence-electron chi connectivity index (χ0n) is 25.3. The molecule has 0 radical (unpaired) electrons. The van der Waals surface area contributed by atoms with Gasteiger partial charge in [0.15, 0.2) is 0 Å². The van der Waals surface area contributed by atoms with E-state index in [0.717, 1.165) is 53.9 Å². The van der Waals surface area contributed by atoms with Gasteiger partial charge in [0.05, 0.1) is 5.69 Å². The van der Waals surface area contributed by atoms with Crippen molar-refractivity contribution in [1.82, 2.24) is 4.90 Å². The van der Waals surface area contributed by atoms with Crippen molar-refractivity contribution >= 4 is 17.5 Å². The highest BCUT2D eigenvalue weighted by Gasteiger charge is 2.55. The Balaban J connectivity index is 1.25. The third-order valence-electron chi connectivity index (χ3n) is 10.2. The molecule has 3 atom stereocenters. The van der Waals surface area contributed by atoms with E-state index in [1.807, 2.05) is 60.5 Å². The van der Waals surface area contributed by atoms with Gasteiger partial charge >= 0.3 is 6.09 Å². The number of benzene rings is 4. The fourth-order valence-electron chi connectivity index (χ4n) is 7.98. The Morgan fingerprint density at radius 3 is 2.34 bits per heavy atom. The molecule has 4 aromatic carbocycles. The van der Waals surface area contributed by atoms with Gasteiger partial charge in [-0.1, -0.05) is 73.5 Å². The van der Waals surface area contributed by atoms with Crippen LogP contribution >= 0.6 is 0 Å². The zero-order chi connectivity index (χ0) is 30.1. The van der Waals surface area contributed by atoms with Crippen LogP contribution in [-0.2, 0) is 29.8 Å². The minimum Gasteiger partial charge on any atom is -0.487 e. The molecule has 5 nitrogen and oxygen atoms in total. The smallest absolute Gasteiger partial charge is 0.410 e. The lowest BCUT2D eigenvalue weighted by molar-refractivity contribution is -0.0137. The molecule has 1 aliphatic heterocycles. The number of likely N-dealkylation sites (tertiary alicyclic amines) is 1. The number of ether oxygens (including phenoxy) is 2. The molecule has 1 heterocycles. The molecule has 1 saturated carbocycles. The Kier molecular flexibility index (Phi) is 7.75. The van der Waals surface area contributed by atoms with Crippen molar-refractivity contribution in [2.24, 2.45) is 5.92 Å². The van der Waals surface area contributed by atoms with Crippen LogP contribution in [0, 0.1) is 11.7 Å². The van der Waals surface area contributed by atoms with E-state index in [9.17, 15) is 9.18 Å². The molecule has 226 valence electrons. The number of nitrogens with zero attached hydrogens (tertiary/aromatic N) is 2. The predicted molar refractivity (Wildman–Crippen MR) is 171 cm³/mol. The normalized spacial score (nSPS) is 22.0. The van der Waals surface area contributed by atoms with Crippen LogP contribution in [0.5, 0.6) is 5.75 Å². The van der Waals surface area contributed by atoms with Crippen LogP contribution in [0.25, 0.3) is 0 Å². The largest absolute Gasteiger partial charge is 0.487 e. The van der Waals surface area contributed by atoms with Gasteiger partial charge < -0.3 is 19.3 Å². The number of anilines is 2. The maximum absolute atomic E-state index is 13.8. The summed E-state index contributed by atoms with van der Waals surface area (Å²) >= 11 is 0. The van der Waals surface area contributed by atoms with Crippen molar-refractivity contribution in [2.45, 2.75) is 63.2 Å². The third-order valence-corrected chi connectivity index (χ3v) is 10.2. The molecule has 4 aromatic rings. The molecular weight excluding hydrogens is 551 g/mol. The van der Waals surface area contributed by atoms with Crippen molar-refractivity contribution in [2.75, 3.05) is 18.5 Å². The van der Waals surface area contributed by atoms with Gasteiger partial charge in [0.2, 0.25) is 0 Å². The molecule has 3 aliphatic rings. The molecule has 7 rings (SSSR count). The fraction of sp³-hybridized carbons (Fsp3) is 0.342. The number of amides is 1. The number of hydrogen-bond donors (Lipinski definition) is 0. The van der Waals surface area contributed by atoms with E-state index < -0.39 is 0 Å². The molecule has 2 aliphatic carbocycles. The minimum absolute atomic E-state index is 0.0184. The Morgan fingerprint density at radius 2 is 1.61 bits per heavy atom. The average Bonchev–Trinajstić information content (AvgIpc) is 3.07. The van der Waals surface area contributed by atoms with Crippen LogP contribution in [0.2, 0.25) is 0 Å². The first-order chi connectivity index (χ1) is 21.5. The molecule has 2 fully saturated rings. The first kappa shape index (κ1) is 28.5. The van der Waals surface area contributed by atoms with Gasteiger partial charge in [-0.05, 0) is 90.3 Å². The third kappa shape index (κ3) is 5.31. The Morgan fingerprint density at radius 1 is 0.909 bits per heavy atom. The molecule has 0 N–H and O–H groups in total. The lowest BCUT2D eigenvalue weighted by atomic mass is 9.52. The summed E-state index contributed by atoms with van der Waals surface area (Å²) in [7, 11) is 2.00. The van der Waals surface area contributed by atoms with E-state index in [1.165, 1.54) is 36.1 Å². The van der Waals surface area contributed by atoms with Crippen LogP contribution in [0.1, 0.15) is 54.4 Å². The van der Waals surface area contributed by atoms with Gasteiger partial charge in [0.1, 0.15) is 24.8 Å². The van der Waals surface area contributed by atoms with Crippen molar-refractivity contribution < 1.29 is 18.7 Å². The summed E-state index contributed by atoms with van der Waals surface area (Å²) in [6, 6.07) is 31.3. The van der Waals surface area contributed by atoms with E-state index in [0.29, 0.717) is 19.1 Å². The number of hydrogen-bond acceptors (Lipinski definition) is 4. The average molecular weight is 591 g/mol. The highest BCUT2D eigenvalue weighted by molar-refractivity contribution is 5.73. The summed E-state index contributed by atoms with van der Waals surface area (Å²) in [5.41, 5.74) is 6.59. The second-order valence-electron chi connectivity index (χ2n) is 12.6. The van der Waals surface area contributed by atoms with Crippen LogP contribution in [0.15, 0.2) is 97.1 Å². The van der Waals surface area contributed by atoms with Gasteiger partial charge in [-0.3, -0.25) is 0 Å². The number of carbonyl (C=O) groups excluding carboxylic acids is 1. The van der Waals surface area contributed by atoms with Gasteiger partial charge in [0, 0.05) is 30.7 Å². The van der Waals surface area contributed by atoms with Crippen molar-refractivity contribution in [3.8, 4) is 5.75 Å². The number of halogens is 1. The Hall–Kier alpha value is -4.32. The quantitative estimate of drug-likeness (QED) is 0.216. The topological polar surface area (TPSA) is 42.0 Å². The summed E-state index contributed by atoms with van der Waals surface area (Å²) in [6.07, 6.45) is 6.11. The molecule has 2 bridgehead atoms. The van der Waals surface area contributed by atoms with Crippen LogP contribution in [0.3, 0.4) is 0 Å². The lowest BCUT2D eigenvalue weighted by Crippen LogP contribution is -2.62. The molecular formula is C38H39FN2O3. The molecule has 1 saturated heterocycles. The van der Waals surface area contributed by atoms with E-state index in [1.54, 1.807) is 12.1 Å². The lowest BCUT2D eigenvalue weighted by Gasteiger charge is -2.58. The highest BCUT2D eigenvalue weighted by atomic mass is 19.1. The summed E-state index contributed by atoms with van der Waals surface area (Å²) in [5, 5.41) is 0. The molecule has 1 amide bonds. The first-order valence-electron chi connectivity index (χ1n) is 15.8. The van der Waals surface area contributed by atoms with Crippen molar-refractivity contribution in [1.29, 1.82) is 0 Å². The minimum atomic E-state index is -0.261. The fourth-order valence-corrected chi connectivity index (χ4v) is 7.98. The summed E-state index contributed by atoms with van der Waals surface area (Å²) in [4.78, 5) is 17.7. The van der Waals surface area contributed by atoms with Crippen molar-refractivity contribution in [3.05, 3.63) is 125 Å². The number of carbonyl (C=O) groups is 1. The maximum atomic E-state index is 13.8. The number of rotatable bonds is 7. The Labute approximate surface area is 259 Å². The molecule has 0 aromatic heterocycles. The maximum Gasteiger partial charge on any atom is 0.410 e. The zero-order valence-corrected chi connectivity index (χ0v) is 25.3. The molecule has 0 spiro atoms. The number of piperidine rings is 1. The molecule has 6 heteroatoms. The standard InChI is InChI=1S/C38H39FN2O3/c1-40(31-17-15-30(39)16-18-31)35-23-29-22-34-32-14-8-9-19-38(32,33(29)24-36(35)43-25-27-10-4-2-5-11-27)20-21-41(34)37(42)44-26-28-12-6-3-7-13-28/h2-7,10-13,15-18,23-24,32,34H,8-9,14,19-22,25-26H2,1H3/t32-,34+,38+/m1/s1. The van der Waals surface area contributed by atoms with Gasteiger partial charge in [0.25, 0.3) is 0 Å². The summed E-state index contributed by atoms with van der Waals surface area (Å²) in [6.45, 7) is 1.44. The number of fused-ring (bicyclic) bond motifs is 1. The van der Waals surface area contributed by atoms with E-state index in [2.05, 4.69) is 29.2 Å². The van der Waals surface area contributed by atoms with Crippen LogP contribution in [0.4, 0.5) is 20.6 Å². The monoisotopic (exact) mass is 590 g/mol. The van der Waals surface area contributed by atoms with Gasteiger partial charge in [-0.15, -0.1) is 0 Å². The SMILES string of the molecule is CN(c1ccc(F)cc1)c1cc2c(cc1OCc1ccccc1)[C@]13CCCC[C@@H]1[C@H](C2)N(C(=O)OCc1ccccc1)CC3. The summed E-state index contributed by atoms with van der Waals surface area (Å²) in [5.74, 6) is 0.966. The van der Waals surface area contributed by atoms with Crippen molar-refractivity contribution in [3.63, 3.8) is 0 Å². The van der Waals surface area contributed by atoms with Gasteiger partial charge in [-0.2, -0.15) is 0 Å². The first-order valence-corrected chi connectivity index (χ1v) is 15.8. The summed E-state index contributed by atoms with van der Waals surface area (Å²) < 4.78 is 26.3. The van der Waals surface area contributed by atoms with Gasteiger partial charge in [-0.25, -0.2) is 9.18 Å². The van der Waals surface area contributed by atoms with E-state index in [-0.39, 0.29) is 30.0 Å². The Bertz CT molecular complexity index is 1610. The van der Waals surface area contributed by atoms with Crippen LogP contribution in [-0.4, -0.2) is 30.6 Å². The second kappa shape index (κ2) is 12.0. The predicted octanol–water partition coefficient (Wildman–Crippen LogP) is 8.57.